The Labute approximate surface area is 729 Å². The lowest BCUT2D eigenvalue weighted by Crippen LogP contribution is -2.37. The van der Waals surface area contributed by atoms with Crippen molar-refractivity contribution in [1.82, 2.24) is 0 Å². The van der Waals surface area contributed by atoms with Crippen molar-refractivity contribution in [3.63, 3.8) is 0 Å². The van der Waals surface area contributed by atoms with E-state index in [0.717, 1.165) is 54.9 Å². The summed E-state index contributed by atoms with van der Waals surface area (Å²) < 4.78 is 86.3. The molecule has 0 heterocycles. The molecule has 0 amide bonds. The third-order valence-corrected chi connectivity index (χ3v) is 28.2. The molecule has 4 nitrogen and oxygen atoms in total. The van der Waals surface area contributed by atoms with Crippen LogP contribution >= 0.6 is 0 Å². The minimum Gasteiger partial charge on any atom is -0.507 e. The largest absolute Gasteiger partial charge is 0.507 e. The second kappa shape index (κ2) is 32.6. The lowest BCUT2D eigenvalue weighted by Gasteiger charge is -2.29. The van der Waals surface area contributed by atoms with Gasteiger partial charge in [0.2, 0.25) is 0 Å². The summed E-state index contributed by atoms with van der Waals surface area (Å²) in [6.07, 6.45) is -1.72. The van der Waals surface area contributed by atoms with Crippen LogP contribution in [0.5, 0.6) is 23.0 Å². The molecule has 0 spiro atoms. The fourth-order valence-electron chi connectivity index (χ4n) is 16.1. The molecule has 0 radical (unpaired) electrons. The summed E-state index contributed by atoms with van der Waals surface area (Å²) in [6.45, 7) is 81.3. The van der Waals surface area contributed by atoms with Crippen molar-refractivity contribution in [2.24, 2.45) is 0 Å². The molecule has 121 heavy (non-hydrogen) atoms. The predicted molar refractivity (Wildman–Crippen MR) is 517 cm³/mol. The Hall–Kier alpha value is -8.45. The van der Waals surface area contributed by atoms with Gasteiger partial charge in [-0.1, -0.05) is 354 Å². The van der Waals surface area contributed by atoms with Gasteiger partial charge < -0.3 is 19.7 Å². The Kier molecular flexibility index (Phi) is 25.5. The first-order valence-electron chi connectivity index (χ1n) is 43.9. The third-order valence-electron chi connectivity index (χ3n) is 24.2. The smallest absolute Gasteiger partial charge is 0.141 e. The fourth-order valence-corrected chi connectivity index (χ4v) is 18.4. The second-order valence-electron chi connectivity index (χ2n) is 47.6. The van der Waals surface area contributed by atoms with Crippen molar-refractivity contribution in [3.8, 4) is 112 Å². The van der Waals surface area contributed by atoms with E-state index in [4.69, 9.17) is 9.47 Å². The molecular weight excluding hydrogens is 1530 g/mol. The van der Waals surface area contributed by atoms with Gasteiger partial charge in [-0.3, -0.25) is 0 Å². The maximum absolute atomic E-state index is 18.8. The Morgan fingerprint density at radius 1 is 0.256 bits per heavy atom. The van der Waals surface area contributed by atoms with Crippen LogP contribution in [0.3, 0.4) is 0 Å². The molecule has 2 atom stereocenters. The van der Waals surface area contributed by atoms with Crippen LogP contribution in [0.15, 0.2) is 146 Å². The average molecular weight is 1670 g/mol. The standard InChI is InChI=1S/C111H144F4O4Si2/c1-64(118-92-62-90(112)96(110(27,28)29)98(114)94(92)88-60-84(120(33,34)35)58-86(100(88)116)74-42-66(70-46-76(102(3,4)5)54-77(47-70)103(6,7)8)40-67(43-74)71-48-78(104(9,10)11)55-79(49-71)105(12,13)14)39-65(2)119-93-63-91(113)97(111(30,31)32)99(115)95(93)89-61-85(121(36,37)38)59-87(101(89)117)75-44-68(72-50-80(106(15,16)17)56-81(51-72)107(18,19)20)41-69(45-75)73-52-82(108(21,22)23)57-83(53-73)109(24,25)26/h40-65,116-117H,39H2,1-38H3/t64-,65+. The molecule has 0 fully saturated rings. The number of benzene rings is 10. The van der Waals surface area contributed by atoms with Crippen LogP contribution in [0, 0.1) is 23.3 Å². The zero-order valence-corrected chi connectivity index (χ0v) is 82.9. The fraction of sp³-hybridized carbons (Fsp3) is 0.459. The van der Waals surface area contributed by atoms with Gasteiger partial charge in [0.05, 0.1) is 39.5 Å². The number of phenolic OH excluding ortho intramolecular Hbond substituents is 2. The molecule has 10 rings (SSSR count). The summed E-state index contributed by atoms with van der Waals surface area (Å²) in [5.74, 6) is -4.03. The number of hydrogen-bond acceptors (Lipinski definition) is 4. The number of ether oxygens (including phenoxy) is 2. The van der Waals surface area contributed by atoms with E-state index in [1.165, 1.54) is 56.6 Å². The highest BCUT2D eigenvalue weighted by atomic mass is 28.3. The monoisotopic (exact) mass is 1670 g/mol. The van der Waals surface area contributed by atoms with Gasteiger partial charge in [0.15, 0.2) is 0 Å². The van der Waals surface area contributed by atoms with E-state index in [2.05, 4.69) is 327 Å². The van der Waals surface area contributed by atoms with Gasteiger partial charge in [-0.2, -0.15) is 0 Å². The van der Waals surface area contributed by atoms with Gasteiger partial charge in [-0.05, 0) is 205 Å². The van der Waals surface area contributed by atoms with E-state index in [-0.39, 0.29) is 106 Å². The molecule has 0 saturated carbocycles. The second-order valence-corrected chi connectivity index (χ2v) is 57.7. The van der Waals surface area contributed by atoms with Gasteiger partial charge in [0.25, 0.3) is 0 Å². The van der Waals surface area contributed by atoms with Crippen LogP contribution < -0.4 is 19.8 Å². The number of phenols is 2. The Bertz CT molecular complexity index is 4950. The van der Waals surface area contributed by atoms with Gasteiger partial charge in [-0.25, -0.2) is 17.6 Å². The highest BCUT2D eigenvalue weighted by molar-refractivity contribution is 6.89. The van der Waals surface area contributed by atoms with E-state index < -0.39 is 62.5 Å². The van der Waals surface area contributed by atoms with Gasteiger partial charge >= 0.3 is 0 Å². The van der Waals surface area contributed by atoms with Crippen LogP contribution in [0.1, 0.15) is 284 Å². The van der Waals surface area contributed by atoms with Gasteiger partial charge in [0.1, 0.15) is 46.3 Å². The molecule has 10 heteroatoms. The van der Waals surface area contributed by atoms with E-state index in [0.29, 0.717) is 22.3 Å². The first kappa shape index (κ1) is 94.8. The zero-order valence-electron chi connectivity index (χ0n) is 80.9. The molecule has 0 aliphatic carbocycles. The van der Waals surface area contributed by atoms with Crippen molar-refractivity contribution in [2.45, 2.75) is 334 Å². The van der Waals surface area contributed by atoms with Crippen LogP contribution in [0.4, 0.5) is 17.6 Å². The molecule has 0 aliphatic heterocycles. The van der Waals surface area contributed by atoms with Crippen molar-refractivity contribution in [3.05, 3.63) is 224 Å². The number of hydrogen-bond donors (Lipinski definition) is 2. The average Bonchev–Trinajstić information content (AvgIpc) is 0.729. The quantitative estimate of drug-likeness (QED) is 0.0748. The summed E-state index contributed by atoms with van der Waals surface area (Å²) in [7, 11) is -4.84. The summed E-state index contributed by atoms with van der Waals surface area (Å²) >= 11 is 0. The maximum atomic E-state index is 18.8. The molecule has 0 aromatic heterocycles. The Morgan fingerprint density at radius 3 is 0.636 bits per heavy atom. The molecule has 648 valence electrons. The van der Waals surface area contributed by atoms with Crippen molar-refractivity contribution in [2.75, 3.05) is 0 Å². The van der Waals surface area contributed by atoms with Crippen molar-refractivity contribution >= 4 is 26.5 Å². The molecule has 10 aromatic carbocycles. The van der Waals surface area contributed by atoms with E-state index >= 15 is 17.6 Å². The molecule has 0 aliphatic rings. The zero-order chi connectivity index (χ0) is 91.0. The molecule has 2 N–H and O–H groups in total. The minimum atomic E-state index is -2.42. The number of halogens is 4. The highest BCUT2D eigenvalue weighted by Crippen LogP contribution is 2.52. The summed E-state index contributed by atoms with van der Waals surface area (Å²) in [5.41, 5.74) is 15.9. The summed E-state index contributed by atoms with van der Waals surface area (Å²) in [5, 5.41) is 29.1. The first-order chi connectivity index (χ1) is 54.8. The summed E-state index contributed by atoms with van der Waals surface area (Å²) in [6, 6.07) is 51.1. The molecular formula is C111H144F4O4Si2. The van der Waals surface area contributed by atoms with Crippen LogP contribution in [0.25, 0.3) is 89.0 Å². The lowest BCUT2D eigenvalue weighted by atomic mass is 9.77. The molecule has 0 saturated heterocycles. The van der Waals surface area contributed by atoms with Gasteiger partial charge in [0, 0.05) is 51.9 Å². The summed E-state index contributed by atoms with van der Waals surface area (Å²) in [4.78, 5) is 0. The van der Waals surface area contributed by atoms with E-state index in [9.17, 15) is 10.2 Å². The molecule has 10 aromatic rings. The Morgan fingerprint density at radius 2 is 0.446 bits per heavy atom. The SMILES string of the molecule is C[C@H](C[C@H](C)Oc1cc(F)c(C(C)(C)C)c(F)c1-c1cc([Si](C)(C)C)cc(-c2cc(-c3cc(C(C)(C)C)cc(C(C)(C)C)c3)cc(-c3cc(C(C)(C)C)cc(C(C)(C)C)c3)c2)c1O)Oc1cc(F)c(C(C)(C)C)c(F)c1-c1cc([Si](C)(C)C)cc(-c2cc(-c3cc(C(C)(C)C)cc(C(C)(C)C)c3)cc(-c3cc(C(C)(C)C)cc(C(C)(C)C)c3)c2)c1O. The first-order valence-corrected chi connectivity index (χ1v) is 50.9. The van der Waals surface area contributed by atoms with Crippen molar-refractivity contribution in [1.29, 1.82) is 0 Å². The number of rotatable bonds is 16. The van der Waals surface area contributed by atoms with E-state index in [1.54, 1.807) is 55.4 Å². The molecule has 0 bridgehead atoms. The van der Waals surface area contributed by atoms with Crippen LogP contribution in [0.2, 0.25) is 39.3 Å². The number of aromatic hydroxyl groups is 2. The van der Waals surface area contributed by atoms with Crippen LogP contribution in [-0.4, -0.2) is 38.6 Å². The predicted octanol–water partition coefficient (Wildman–Crippen LogP) is 31.7. The highest BCUT2D eigenvalue weighted by Gasteiger charge is 2.38. The lowest BCUT2D eigenvalue weighted by molar-refractivity contribution is 0.130. The topological polar surface area (TPSA) is 58.9 Å². The van der Waals surface area contributed by atoms with Crippen LogP contribution in [-0.2, 0) is 54.1 Å². The minimum absolute atomic E-state index is 0.0399. The third kappa shape index (κ3) is 21.2. The Balaban J connectivity index is 1.16. The van der Waals surface area contributed by atoms with Gasteiger partial charge in [-0.15, -0.1) is 0 Å². The van der Waals surface area contributed by atoms with Crippen molar-refractivity contribution < 1.29 is 37.2 Å². The molecule has 0 unspecified atom stereocenters. The van der Waals surface area contributed by atoms with E-state index in [1.807, 2.05) is 12.1 Å². The maximum Gasteiger partial charge on any atom is 0.141 e. The normalized spacial score (nSPS) is 13.9.